The molecule has 0 N–H and O–H groups in total. The minimum atomic E-state index is 0.331. The summed E-state index contributed by atoms with van der Waals surface area (Å²) in [7, 11) is 0. The lowest BCUT2D eigenvalue weighted by molar-refractivity contribution is 0.379. The zero-order valence-electron chi connectivity index (χ0n) is 12.1. The van der Waals surface area contributed by atoms with Crippen molar-refractivity contribution in [3.8, 4) is 0 Å². The predicted molar refractivity (Wildman–Crippen MR) is 85.4 cm³/mol. The van der Waals surface area contributed by atoms with Crippen LogP contribution in [0.4, 0.5) is 0 Å². The van der Waals surface area contributed by atoms with E-state index in [0.29, 0.717) is 10.2 Å². The van der Waals surface area contributed by atoms with E-state index in [2.05, 4.69) is 76.3 Å². The second-order valence-corrected chi connectivity index (χ2v) is 7.79. The van der Waals surface area contributed by atoms with Crippen LogP contribution in [0.25, 0.3) is 0 Å². The van der Waals surface area contributed by atoms with Crippen LogP contribution in [0, 0.1) is 12.3 Å². The van der Waals surface area contributed by atoms with Crippen LogP contribution >= 0.6 is 31.9 Å². The van der Waals surface area contributed by atoms with E-state index in [4.69, 9.17) is 0 Å². The maximum Gasteiger partial charge on any atom is 0.0738 e. The van der Waals surface area contributed by atoms with Gasteiger partial charge in [-0.1, -0.05) is 36.7 Å². The number of rotatable bonds is 5. The van der Waals surface area contributed by atoms with Crippen LogP contribution in [0.2, 0.25) is 0 Å². The molecule has 0 aliphatic rings. The van der Waals surface area contributed by atoms with Crippen LogP contribution in [0.1, 0.15) is 51.9 Å². The van der Waals surface area contributed by atoms with E-state index in [1.807, 2.05) is 0 Å². The van der Waals surface area contributed by atoms with E-state index in [9.17, 15) is 0 Å². The normalized spacial score (nSPS) is 13.9. The third kappa shape index (κ3) is 4.09. The molecule has 0 spiro atoms. The topological polar surface area (TPSA) is 17.8 Å². The quantitative estimate of drug-likeness (QED) is 0.650. The van der Waals surface area contributed by atoms with Crippen LogP contribution < -0.4 is 0 Å². The summed E-state index contributed by atoms with van der Waals surface area (Å²) in [5.74, 6) is 0. The highest BCUT2D eigenvalue weighted by Crippen LogP contribution is 2.30. The van der Waals surface area contributed by atoms with Gasteiger partial charge in [0, 0.05) is 11.4 Å². The number of halogens is 2. The van der Waals surface area contributed by atoms with Crippen molar-refractivity contribution in [2.45, 2.75) is 65.3 Å². The maximum atomic E-state index is 4.53. The molecule has 0 radical (unpaired) electrons. The van der Waals surface area contributed by atoms with Gasteiger partial charge in [-0.2, -0.15) is 5.10 Å². The first kappa shape index (κ1) is 16.2. The molecule has 0 aromatic carbocycles. The number of nitrogens with zero attached hydrogens (tertiary/aromatic N) is 2. The molecule has 0 fully saturated rings. The minimum absolute atomic E-state index is 0.331. The number of alkyl halides is 1. The molecule has 0 aliphatic heterocycles. The molecule has 0 bridgehead atoms. The molecular weight excluding hydrogens is 356 g/mol. The Hall–Kier alpha value is 0.170. The predicted octanol–water partition coefficient (Wildman–Crippen LogP) is 5.11. The Balaban J connectivity index is 2.59. The summed E-state index contributed by atoms with van der Waals surface area (Å²) in [6, 6.07) is 0. The fourth-order valence-corrected chi connectivity index (χ4v) is 2.80. The molecule has 1 aromatic rings. The van der Waals surface area contributed by atoms with Crippen LogP contribution in [0.3, 0.4) is 0 Å². The van der Waals surface area contributed by atoms with Crippen molar-refractivity contribution in [2.75, 3.05) is 0 Å². The molecule has 0 saturated carbocycles. The summed E-state index contributed by atoms with van der Waals surface area (Å²) in [6.45, 7) is 12.0. The first-order valence-electron chi connectivity index (χ1n) is 6.63. The smallest absolute Gasteiger partial charge is 0.0738 e. The first-order chi connectivity index (χ1) is 8.27. The molecule has 104 valence electrons. The molecule has 1 heterocycles. The fraction of sp³-hybridized carbons (Fsp3) is 0.786. The van der Waals surface area contributed by atoms with Gasteiger partial charge in [-0.05, 0) is 54.5 Å². The summed E-state index contributed by atoms with van der Waals surface area (Å²) in [4.78, 5) is 0.572. The van der Waals surface area contributed by atoms with Gasteiger partial charge in [-0.15, -0.1) is 0 Å². The van der Waals surface area contributed by atoms with Gasteiger partial charge in [-0.3, -0.25) is 4.68 Å². The van der Waals surface area contributed by atoms with Gasteiger partial charge in [0.25, 0.3) is 0 Å². The maximum absolute atomic E-state index is 4.53. The van der Waals surface area contributed by atoms with Crippen LogP contribution in [-0.4, -0.2) is 14.6 Å². The number of hydrogen-bond donors (Lipinski definition) is 0. The molecule has 1 unspecified atom stereocenters. The van der Waals surface area contributed by atoms with E-state index in [0.717, 1.165) is 18.7 Å². The van der Waals surface area contributed by atoms with E-state index >= 15 is 0 Å². The van der Waals surface area contributed by atoms with Crippen molar-refractivity contribution in [2.24, 2.45) is 5.41 Å². The number of aromatic nitrogens is 2. The molecule has 0 aliphatic carbocycles. The van der Waals surface area contributed by atoms with E-state index in [-0.39, 0.29) is 0 Å². The monoisotopic (exact) mass is 378 g/mol. The van der Waals surface area contributed by atoms with Gasteiger partial charge in [0.05, 0.1) is 15.9 Å². The molecule has 0 amide bonds. The van der Waals surface area contributed by atoms with Crippen molar-refractivity contribution in [3.63, 3.8) is 0 Å². The Morgan fingerprint density at radius 3 is 2.44 bits per heavy atom. The van der Waals surface area contributed by atoms with Crippen LogP contribution in [-0.2, 0) is 13.0 Å². The Kier molecular flexibility index (Phi) is 5.91. The zero-order valence-corrected chi connectivity index (χ0v) is 15.2. The Labute approximate surface area is 128 Å². The lowest BCUT2D eigenvalue weighted by Gasteiger charge is -2.25. The minimum Gasteiger partial charge on any atom is -0.268 e. The van der Waals surface area contributed by atoms with Gasteiger partial charge in [0.1, 0.15) is 0 Å². The van der Waals surface area contributed by atoms with Gasteiger partial charge in [0.15, 0.2) is 0 Å². The number of hydrogen-bond acceptors (Lipinski definition) is 1. The van der Waals surface area contributed by atoms with Crippen molar-refractivity contribution < 1.29 is 0 Å². The van der Waals surface area contributed by atoms with E-state index in [1.54, 1.807) is 0 Å². The highest BCUT2D eigenvalue weighted by molar-refractivity contribution is 9.10. The fourth-order valence-electron chi connectivity index (χ4n) is 1.99. The summed E-state index contributed by atoms with van der Waals surface area (Å²) in [6.07, 6.45) is 3.48. The van der Waals surface area contributed by atoms with Gasteiger partial charge in [0.2, 0.25) is 0 Å². The van der Waals surface area contributed by atoms with E-state index in [1.165, 1.54) is 23.0 Å². The summed E-state index contributed by atoms with van der Waals surface area (Å²) < 4.78 is 3.30. The van der Waals surface area contributed by atoms with Crippen molar-refractivity contribution in [1.29, 1.82) is 0 Å². The van der Waals surface area contributed by atoms with E-state index < -0.39 is 0 Å². The lowest BCUT2D eigenvalue weighted by atomic mass is 9.89. The average Bonchev–Trinajstić information content (AvgIpc) is 2.55. The summed E-state index contributed by atoms with van der Waals surface area (Å²) >= 11 is 7.45. The van der Waals surface area contributed by atoms with Crippen LogP contribution in [0.15, 0.2) is 4.47 Å². The Morgan fingerprint density at radius 1 is 1.33 bits per heavy atom. The lowest BCUT2D eigenvalue weighted by Crippen LogP contribution is -2.20. The first-order valence-corrected chi connectivity index (χ1v) is 8.34. The average molecular weight is 380 g/mol. The molecule has 18 heavy (non-hydrogen) atoms. The third-order valence-electron chi connectivity index (χ3n) is 3.26. The van der Waals surface area contributed by atoms with Gasteiger partial charge < -0.3 is 0 Å². The van der Waals surface area contributed by atoms with Gasteiger partial charge >= 0.3 is 0 Å². The Morgan fingerprint density at radius 2 is 1.94 bits per heavy atom. The highest BCUT2D eigenvalue weighted by atomic mass is 79.9. The molecule has 1 aromatic heterocycles. The van der Waals surface area contributed by atoms with Crippen LogP contribution in [0.5, 0.6) is 0 Å². The summed E-state index contributed by atoms with van der Waals surface area (Å²) in [5.41, 5.74) is 2.76. The molecule has 1 rings (SSSR count). The number of aryl methyl sites for hydroxylation is 2. The molecule has 0 saturated heterocycles. The molecule has 1 atom stereocenters. The third-order valence-corrected chi connectivity index (χ3v) is 6.13. The molecule has 4 heteroatoms. The van der Waals surface area contributed by atoms with Crippen molar-refractivity contribution in [1.82, 2.24) is 9.78 Å². The summed E-state index contributed by atoms with van der Waals surface area (Å²) in [5, 5.41) is 4.53. The van der Waals surface area contributed by atoms with Crippen molar-refractivity contribution >= 4 is 31.9 Å². The van der Waals surface area contributed by atoms with Crippen molar-refractivity contribution in [3.05, 3.63) is 15.9 Å². The SMILES string of the molecule is CCn1nc(C)c(Br)c1CCCC(Br)C(C)(C)C. The molecule has 2 nitrogen and oxygen atoms in total. The zero-order chi connectivity index (χ0) is 13.9. The largest absolute Gasteiger partial charge is 0.268 e. The second kappa shape index (κ2) is 6.56. The van der Waals surface area contributed by atoms with Gasteiger partial charge in [-0.25, -0.2) is 0 Å². The second-order valence-electron chi connectivity index (χ2n) is 5.89. The Bertz CT molecular complexity index is 391. The molecular formula is C14H24Br2N2. The highest BCUT2D eigenvalue weighted by Gasteiger charge is 2.21. The standard InChI is InChI=1S/C14H24Br2N2/c1-6-18-11(13(16)10(2)17-18)8-7-9-12(15)14(3,4)5/h12H,6-9H2,1-5H3.